The maximum atomic E-state index is 3.67. The summed E-state index contributed by atoms with van der Waals surface area (Å²) in [6.07, 6.45) is 12.9. The maximum absolute atomic E-state index is 3.67. The van der Waals surface area contributed by atoms with Crippen molar-refractivity contribution in [3.63, 3.8) is 0 Å². The Hall–Kier alpha value is -0.747. The molecule has 0 spiro atoms. The molecule has 3 heteroatoms. The fourth-order valence-corrected chi connectivity index (χ4v) is 4.59. The van der Waals surface area contributed by atoms with Crippen LogP contribution in [0.5, 0.6) is 0 Å². The minimum Gasteiger partial charge on any atom is -1.00 e. The second-order valence-corrected chi connectivity index (χ2v) is 16.7. The van der Waals surface area contributed by atoms with Gasteiger partial charge in [0.15, 0.2) is 0 Å². The molecule has 0 amide bonds. The van der Waals surface area contributed by atoms with Crippen LogP contribution in [0.3, 0.4) is 0 Å². The second kappa shape index (κ2) is 16.2. The molecule has 1 unspecified atom stereocenters. The molecule has 2 aliphatic carbocycles. The van der Waals surface area contributed by atoms with E-state index in [9.17, 15) is 0 Å². The molecule has 4 rings (SSSR count). The van der Waals surface area contributed by atoms with E-state index in [4.69, 9.17) is 0 Å². The summed E-state index contributed by atoms with van der Waals surface area (Å²) in [5.74, 6) is 0.592. The van der Waals surface area contributed by atoms with E-state index in [1.807, 2.05) is 0 Å². The van der Waals surface area contributed by atoms with Crippen molar-refractivity contribution in [3.05, 3.63) is 82.5 Å². The normalized spacial score (nSPS) is 15.2. The van der Waals surface area contributed by atoms with Gasteiger partial charge in [0.1, 0.15) is 0 Å². The first-order valence-corrected chi connectivity index (χ1v) is 15.7. The Bertz CT molecular complexity index is 1100. The number of unbranched alkanes of at least 4 members (excludes halogenated alkanes) is 1. The number of halogens is 2. The van der Waals surface area contributed by atoms with Crippen LogP contribution in [0.2, 0.25) is 0 Å². The Labute approximate surface area is 275 Å². The largest absolute Gasteiger partial charge is 1.00 e. The smallest absolute Gasteiger partial charge is 1.00 e. The van der Waals surface area contributed by atoms with Crippen molar-refractivity contribution < 1.29 is 49.0 Å². The molecule has 2 aliphatic rings. The molecule has 0 saturated heterocycles. The van der Waals surface area contributed by atoms with Gasteiger partial charge >= 0.3 is 41.3 Å². The summed E-state index contributed by atoms with van der Waals surface area (Å²) >= 11 is 1.55. The zero-order valence-electron chi connectivity index (χ0n) is 27.2. The summed E-state index contributed by atoms with van der Waals surface area (Å²) < 4.78 is 1.51. The average Bonchev–Trinajstić information content (AvgIpc) is 3.40. The van der Waals surface area contributed by atoms with Crippen LogP contribution < -0.4 is 24.8 Å². The molecule has 1 atom stereocenters. The number of hydrogen-bond acceptors (Lipinski definition) is 0. The third kappa shape index (κ3) is 11.9. The monoisotopic (exact) mass is 656 g/mol. The molecule has 40 heavy (non-hydrogen) atoms. The first kappa shape index (κ1) is 39.3. The molecule has 220 valence electrons. The van der Waals surface area contributed by atoms with Gasteiger partial charge in [-0.2, -0.15) is 35.4 Å². The molecule has 0 nitrogen and oxygen atoms in total. The van der Waals surface area contributed by atoms with E-state index in [0.717, 1.165) is 6.42 Å². The molecule has 0 heterocycles. The van der Waals surface area contributed by atoms with Gasteiger partial charge in [0.05, 0.1) is 0 Å². The third-order valence-electron chi connectivity index (χ3n) is 7.03. The Morgan fingerprint density at radius 2 is 1.43 bits per heavy atom. The quantitative estimate of drug-likeness (QED) is 0.363. The van der Waals surface area contributed by atoms with Crippen LogP contribution in [-0.2, 0) is 41.5 Å². The zero-order valence-corrected chi connectivity index (χ0v) is 31.2. The van der Waals surface area contributed by atoms with E-state index in [2.05, 4.69) is 138 Å². The first-order chi connectivity index (χ1) is 17.4. The van der Waals surface area contributed by atoms with E-state index in [-0.39, 0.29) is 35.6 Å². The van der Waals surface area contributed by atoms with Gasteiger partial charge in [0, 0.05) is 0 Å². The van der Waals surface area contributed by atoms with Gasteiger partial charge in [-0.25, -0.2) is 6.08 Å². The van der Waals surface area contributed by atoms with Gasteiger partial charge in [-0.1, -0.05) is 124 Å². The van der Waals surface area contributed by atoms with E-state index in [1.54, 1.807) is 24.2 Å². The molecular weight excluding hydrogens is 607 g/mol. The summed E-state index contributed by atoms with van der Waals surface area (Å²) in [6, 6.07) is 15.2. The fraction of sp³-hybridized carbons (Fsp3) is 0.541. The number of rotatable bonds is 3. The van der Waals surface area contributed by atoms with Crippen LogP contribution >= 0.6 is 0 Å². The average molecular weight is 659 g/mol. The Morgan fingerprint density at radius 1 is 0.850 bits per heavy atom. The molecular formula is C37H52Cl2Zr-2. The molecule has 0 aromatic heterocycles. The number of allylic oxidation sites excluding steroid dienone is 4. The van der Waals surface area contributed by atoms with E-state index in [1.165, 1.54) is 61.4 Å². The summed E-state index contributed by atoms with van der Waals surface area (Å²) in [7, 11) is 0. The first-order valence-electron chi connectivity index (χ1n) is 14.5. The molecule has 0 fully saturated rings. The molecule has 0 saturated carbocycles. The van der Waals surface area contributed by atoms with Crippen molar-refractivity contribution in [2.75, 3.05) is 0 Å². The zero-order chi connectivity index (χ0) is 28.9. The van der Waals surface area contributed by atoms with Crippen LogP contribution in [0, 0.1) is 23.5 Å². The van der Waals surface area contributed by atoms with Gasteiger partial charge in [0.25, 0.3) is 0 Å². The summed E-state index contributed by atoms with van der Waals surface area (Å²) in [5, 5.41) is 0. The topological polar surface area (TPSA) is 0 Å². The molecule has 0 radical (unpaired) electrons. The third-order valence-corrected chi connectivity index (χ3v) is 7.03. The minimum absolute atomic E-state index is 0. The molecule has 0 N–H and O–H groups in total. The SMILES string of the molecule is CC(C)(C)c1[c-]c2c(cc1)-c1ccc(C(C)(C)C)cc1C2.CCCCC1[C-]=CC(C(C)(C)C)=C1.C[C](C)=[Zr+2].[Cl-].[Cl-]. The summed E-state index contributed by atoms with van der Waals surface area (Å²) in [4.78, 5) is 0. The second-order valence-electron chi connectivity index (χ2n) is 14.2. The Balaban J connectivity index is 0.000000692. The van der Waals surface area contributed by atoms with E-state index in [0.29, 0.717) is 11.3 Å². The van der Waals surface area contributed by atoms with Crippen molar-refractivity contribution >= 4 is 3.21 Å². The number of benzene rings is 2. The Morgan fingerprint density at radius 3 is 1.90 bits per heavy atom. The fourth-order valence-electron chi connectivity index (χ4n) is 4.59. The predicted octanol–water partition coefficient (Wildman–Crippen LogP) is 4.54. The predicted molar refractivity (Wildman–Crippen MR) is 166 cm³/mol. The summed E-state index contributed by atoms with van der Waals surface area (Å²) in [5.41, 5.74) is 10.5. The minimum atomic E-state index is 0. The standard InChI is InChI=1S/C21H25.C13H21.C3H6.2ClH.Zr/c1-20(2,3)16-7-9-18-14(12-16)11-15-13-17(21(4,5)6)8-10-19(15)18;1-5-6-7-11-8-9-12(10-11)13(2,3)4;1-3-2;;;/h7-10,12H,11H2,1-6H3;9-11H,5-7H2,1-4H3;1-2H3;2*1H;/q2*-1;;;;+2/p-2. The molecule has 2 aromatic carbocycles. The van der Waals surface area contributed by atoms with Crippen molar-refractivity contribution in [1.82, 2.24) is 0 Å². The number of hydrogen-bond donors (Lipinski definition) is 0. The van der Waals surface area contributed by atoms with Gasteiger partial charge in [-0.3, -0.25) is 6.08 Å². The van der Waals surface area contributed by atoms with Gasteiger partial charge in [-0.05, 0) is 28.4 Å². The Kier molecular flexibility index (Phi) is 15.9. The summed E-state index contributed by atoms with van der Waals surface area (Å²) in [6.45, 7) is 26.9. The number of fused-ring (bicyclic) bond motifs is 3. The van der Waals surface area contributed by atoms with Crippen molar-refractivity contribution in [2.45, 2.75) is 120 Å². The maximum Gasteiger partial charge on any atom is -1.00 e. The van der Waals surface area contributed by atoms with Crippen molar-refractivity contribution in [1.29, 1.82) is 0 Å². The van der Waals surface area contributed by atoms with Crippen LogP contribution in [0.1, 0.15) is 125 Å². The molecule has 0 aliphatic heterocycles. The van der Waals surface area contributed by atoms with Gasteiger partial charge < -0.3 is 24.8 Å². The van der Waals surface area contributed by atoms with Crippen molar-refractivity contribution in [2.24, 2.45) is 11.3 Å². The van der Waals surface area contributed by atoms with Crippen LogP contribution in [-0.4, -0.2) is 3.21 Å². The van der Waals surface area contributed by atoms with Crippen LogP contribution in [0.15, 0.2) is 48.1 Å². The van der Waals surface area contributed by atoms with Crippen molar-refractivity contribution in [3.8, 4) is 11.1 Å². The van der Waals surface area contributed by atoms with Crippen LogP contribution in [0.4, 0.5) is 0 Å². The van der Waals surface area contributed by atoms with Gasteiger partial charge in [0.2, 0.25) is 0 Å². The van der Waals surface area contributed by atoms with E-state index < -0.39 is 0 Å². The van der Waals surface area contributed by atoms with Gasteiger partial charge in [-0.15, -0.1) is 11.1 Å². The molecule has 2 aromatic rings. The van der Waals surface area contributed by atoms with Crippen LogP contribution in [0.25, 0.3) is 11.1 Å². The van der Waals surface area contributed by atoms with E-state index >= 15 is 0 Å². The molecule has 0 bridgehead atoms.